The molecule has 2 fully saturated rings. The number of nitriles is 1. The number of rotatable bonds is 9. The summed E-state index contributed by atoms with van der Waals surface area (Å²) < 4.78 is 45.6. The number of carbonyl (C=O) groups is 1. The van der Waals surface area contributed by atoms with Crippen molar-refractivity contribution in [3.63, 3.8) is 0 Å². The number of benzene rings is 3. The molecule has 0 radical (unpaired) electrons. The minimum Gasteiger partial charge on any atom is -0.493 e. The summed E-state index contributed by atoms with van der Waals surface area (Å²) in [6.07, 6.45) is 2.67. The fourth-order valence-corrected chi connectivity index (χ4v) is 5.42. The Labute approximate surface area is 221 Å². The minimum atomic E-state index is -3.81. The molecule has 2 aliphatic rings. The van der Waals surface area contributed by atoms with Crippen molar-refractivity contribution in [3.8, 4) is 11.8 Å². The lowest BCUT2D eigenvalue weighted by Crippen LogP contribution is -2.51. The van der Waals surface area contributed by atoms with Crippen molar-refractivity contribution < 1.29 is 22.3 Å². The average molecular weight is 534 g/mol. The fourth-order valence-electron chi connectivity index (χ4n) is 4.97. The number of amides is 1. The highest BCUT2D eigenvalue weighted by Gasteiger charge is 2.35. The van der Waals surface area contributed by atoms with Crippen LogP contribution < -0.4 is 9.46 Å². The van der Waals surface area contributed by atoms with Crippen LogP contribution in [0, 0.1) is 23.1 Å². The first-order chi connectivity index (χ1) is 18.2. The van der Waals surface area contributed by atoms with Crippen molar-refractivity contribution in [2.24, 2.45) is 5.92 Å². The Morgan fingerprint density at radius 1 is 1.11 bits per heavy atom. The number of hydrogen-bond acceptors (Lipinski definition) is 6. The number of ether oxygens (including phenoxy) is 1. The van der Waals surface area contributed by atoms with Crippen molar-refractivity contribution in [3.05, 3.63) is 100 Å². The summed E-state index contributed by atoms with van der Waals surface area (Å²) in [5.74, 6) is -1.00. The summed E-state index contributed by atoms with van der Waals surface area (Å²) in [7, 11) is -3.81. The molecule has 1 heterocycles. The van der Waals surface area contributed by atoms with Gasteiger partial charge in [0.05, 0.1) is 36.1 Å². The van der Waals surface area contributed by atoms with E-state index in [-0.39, 0.29) is 23.4 Å². The van der Waals surface area contributed by atoms with Crippen LogP contribution in [-0.2, 0) is 10.0 Å². The van der Waals surface area contributed by atoms with Gasteiger partial charge in [0.1, 0.15) is 11.6 Å². The van der Waals surface area contributed by atoms with Gasteiger partial charge >= 0.3 is 0 Å². The number of carbonyl (C=O) groups excluding carboxylic acids is 1. The topological polar surface area (TPSA) is 99.5 Å². The molecule has 1 aliphatic carbocycles. The van der Waals surface area contributed by atoms with Crippen LogP contribution in [0.25, 0.3) is 0 Å². The van der Waals surface area contributed by atoms with E-state index in [4.69, 9.17) is 4.74 Å². The Balaban J connectivity index is 1.29. The van der Waals surface area contributed by atoms with Crippen molar-refractivity contribution in [1.82, 2.24) is 9.62 Å². The molecule has 1 atom stereocenters. The monoisotopic (exact) mass is 533 g/mol. The quantitative estimate of drug-likeness (QED) is 0.439. The van der Waals surface area contributed by atoms with E-state index in [1.807, 2.05) is 41.1 Å². The zero-order valence-corrected chi connectivity index (χ0v) is 21.7. The first kappa shape index (κ1) is 25.9. The standard InChI is InChI=1S/C29H28FN3O4S/c1-38(35,36)32-29(34)25-13-24(21-10-11-21)27(14-26(25)30)37-18-20-16-33(17-20)28(22-7-3-2-4-8-22)23-9-5-6-19(12-23)15-31/h2-9,12-14,20-21,28H,10-11,16-18H2,1H3,(H,32,34)/t28-/m1/s1. The van der Waals surface area contributed by atoms with Gasteiger partial charge in [-0.25, -0.2) is 17.5 Å². The maximum absolute atomic E-state index is 14.8. The first-order valence-corrected chi connectivity index (χ1v) is 14.4. The summed E-state index contributed by atoms with van der Waals surface area (Å²) in [5.41, 5.74) is 3.24. The number of sulfonamides is 1. The van der Waals surface area contributed by atoms with Crippen molar-refractivity contribution in [1.29, 1.82) is 5.26 Å². The van der Waals surface area contributed by atoms with Crippen molar-refractivity contribution >= 4 is 15.9 Å². The van der Waals surface area contributed by atoms with Crippen LogP contribution >= 0.6 is 0 Å². The van der Waals surface area contributed by atoms with E-state index in [9.17, 15) is 22.9 Å². The third-order valence-electron chi connectivity index (χ3n) is 6.91. The molecule has 196 valence electrons. The lowest BCUT2D eigenvalue weighted by molar-refractivity contribution is 0.0375. The molecular weight excluding hydrogens is 505 g/mol. The van der Waals surface area contributed by atoms with E-state index in [0.29, 0.717) is 17.9 Å². The second-order valence-corrected chi connectivity index (χ2v) is 11.8. The number of nitrogens with zero attached hydrogens (tertiary/aromatic N) is 2. The van der Waals surface area contributed by atoms with Gasteiger partial charge in [-0.1, -0.05) is 42.5 Å². The van der Waals surface area contributed by atoms with Crippen LogP contribution in [0.5, 0.6) is 5.75 Å². The summed E-state index contributed by atoms with van der Waals surface area (Å²) in [6.45, 7) is 1.93. The van der Waals surface area contributed by atoms with Crippen LogP contribution in [0.3, 0.4) is 0 Å². The van der Waals surface area contributed by atoms with Gasteiger partial charge in [0.15, 0.2) is 0 Å². The molecule has 9 heteroatoms. The summed E-state index contributed by atoms with van der Waals surface area (Å²) >= 11 is 0. The Morgan fingerprint density at radius 3 is 2.47 bits per heavy atom. The summed E-state index contributed by atoms with van der Waals surface area (Å²) in [4.78, 5) is 14.6. The van der Waals surface area contributed by atoms with Crippen molar-refractivity contribution in [2.45, 2.75) is 24.8 Å². The molecule has 1 N–H and O–H groups in total. The van der Waals surface area contributed by atoms with Crippen LogP contribution in [0.2, 0.25) is 0 Å². The molecule has 1 saturated heterocycles. The fraction of sp³-hybridized carbons (Fsp3) is 0.310. The average Bonchev–Trinajstić information content (AvgIpc) is 3.70. The predicted molar refractivity (Wildman–Crippen MR) is 141 cm³/mol. The Morgan fingerprint density at radius 2 is 1.82 bits per heavy atom. The zero-order chi connectivity index (χ0) is 26.9. The molecule has 0 aromatic heterocycles. The van der Waals surface area contributed by atoms with Crippen LogP contribution in [0.4, 0.5) is 4.39 Å². The highest BCUT2D eigenvalue weighted by Crippen LogP contribution is 2.45. The molecule has 1 aliphatic heterocycles. The van der Waals surface area contributed by atoms with Gasteiger partial charge in [-0.2, -0.15) is 5.26 Å². The molecule has 0 unspecified atom stereocenters. The third kappa shape index (κ3) is 5.87. The lowest BCUT2D eigenvalue weighted by atomic mass is 9.90. The minimum absolute atomic E-state index is 0.00728. The van der Waals surface area contributed by atoms with E-state index >= 15 is 0 Å². The van der Waals surface area contributed by atoms with E-state index in [1.165, 1.54) is 12.1 Å². The number of nitrogens with one attached hydrogen (secondary N) is 1. The molecule has 3 aromatic carbocycles. The Bertz CT molecular complexity index is 1490. The molecule has 0 bridgehead atoms. The van der Waals surface area contributed by atoms with Gasteiger partial charge in [-0.15, -0.1) is 0 Å². The number of hydrogen-bond donors (Lipinski definition) is 1. The summed E-state index contributed by atoms with van der Waals surface area (Å²) in [6, 6.07) is 22.7. The van der Waals surface area contributed by atoms with Crippen LogP contribution in [0.1, 0.15) is 57.4 Å². The molecule has 5 rings (SSSR count). The molecule has 0 spiro atoms. The number of likely N-dealkylation sites (tertiary alicyclic amines) is 1. The van der Waals surface area contributed by atoms with Gasteiger partial charge in [0, 0.05) is 25.1 Å². The predicted octanol–water partition coefficient (Wildman–Crippen LogP) is 4.36. The van der Waals surface area contributed by atoms with E-state index in [0.717, 1.165) is 48.9 Å². The largest absolute Gasteiger partial charge is 0.493 e. The van der Waals surface area contributed by atoms with Crippen molar-refractivity contribution in [2.75, 3.05) is 26.0 Å². The SMILES string of the molecule is CS(=O)(=O)NC(=O)c1cc(C2CC2)c(OCC2CN([C@H](c3ccccc3)c3cccc(C#N)c3)C2)cc1F. The Hall–Kier alpha value is -3.74. The van der Waals surface area contributed by atoms with Crippen LogP contribution in [-0.4, -0.2) is 45.2 Å². The molecule has 38 heavy (non-hydrogen) atoms. The van der Waals surface area contributed by atoms with Crippen LogP contribution in [0.15, 0.2) is 66.7 Å². The molecule has 7 nitrogen and oxygen atoms in total. The molecule has 3 aromatic rings. The van der Waals surface area contributed by atoms with Gasteiger partial charge in [-0.05, 0) is 53.6 Å². The maximum Gasteiger partial charge on any atom is 0.267 e. The normalized spacial score (nSPS) is 16.8. The summed E-state index contributed by atoms with van der Waals surface area (Å²) in [5, 5.41) is 9.37. The highest BCUT2D eigenvalue weighted by atomic mass is 32.2. The van der Waals surface area contributed by atoms with E-state index < -0.39 is 21.7 Å². The zero-order valence-electron chi connectivity index (χ0n) is 20.9. The third-order valence-corrected chi connectivity index (χ3v) is 7.47. The second kappa shape index (κ2) is 10.6. The number of halogens is 1. The maximum atomic E-state index is 14.8. The molecule has 1 saturated carbocycles. The van der Waals surface area contributed by atoms with E-state index in [2.05, 4.69) is 23.1 Å². The molecular formula is C29H28FN3O4S. The smallest absolute Gasteiger partial charge is 0.267 e. The highest BCUT2D eigenvalue weighted by molar-refractivity contribution is 7.89. The van der Waals surface area contributed by atoms with E-state index in [1.54, 1.807) is 6.07 Å². The Kier molecular flexibility index (Phi) is 7.19. The van der Waals surface area contributed by atoms with Gasteiger partial charge < -0.3 is 4.74 Å². The van der Waals surface area contributed by atoms with Gasteiger partial charge in [0.2, 0.25) is 10.0 Å². The van der Waals surface area contributed by atoms with Gasteiger partial charge in [-0.3, -0.25) is 9.69 Å². The van der Waals surface area contributed by atoms with Gasteiger partial charge in [0.25, 0.3) is 5.91 Å². The first-order valence-electron chi connectivity index (χ1n) is 12.5. The second-order valence-electron chi connectivity index (χ2n) is 10.0. The lowest BCUT2D eigenvalue weighted by Gasteiger charge is -2.44. The molecule has 1 amide bonds.